The maximum atomic E-state index is 6.06. The van der Waals surface area contributed by atoms with Crippen LogP contribution in [0, 0.1) is 0 Å². The zero-order valence-electron chi connectivity index (χ0n) is 11.7. The van der Waals surface area contributed by atoms with Crippen LogP contribution in [0.15, 0.2) is 12.4 Å². The smallest absolute Gasteiger partial charge is 0.255 e. The van der Waals surface area contributed by atoms with Crippen molar-refractivity contribution in [2.45, 2.75) is 19.9 Å². The molecule has 2 aromatic rings. The summed E-state index contributed by atoms with van der Waals surface area (Å²) in [6, 6.07) is 2.17. The predicted octanol–water partition coefficient (Wildman–Crippen LogP) is 1.55. The molecule has 2 heterocycles. The van der Waals surface area contributed by atoms with Gasteiger partial charge in [0.05, 0.1) is 0 Å². The minimum absolute atomic E-state index is 0.339. The molecule has 0 saturated heterocycles. The number of rotatable bonds is 5. The Kier molecular flexibility index (Phi) is 4.21. The number of hydrogen-bond acceptors (Lipinski definition) is 5. The van der Waals surface area contributed by atoms with E-state index in [-0.39, 0.29) is 0 Å². The van der Waals surface area contributed by atoms with Crippen molar-refractivity contribution in [2.24, 2.45) is 0 Å². The molecule has 0 aliphatic rings. The summed E-state index contributed by atoms with van der Waals surface area (Å²) >= 11 is 6.06. The lowest BCUT2D eigenvalue weighted by Crippen LogP contribution is -2.41. The molecule has 1 unspecified atom stereocenters. The number of aromatic nitrogens is 4. The Labute approximate surface area is 118 Å². The van der Waals surface area contributed by atoms with Crippen LogP contribution in [0.2, 0.25) is 5.15 Å². The van der Waals surface area contributed by atoms with Gasteiger partial charge < -0.3 is 9.80 Å². The number of fused-ring (bicyclic) bond motifs is 1. The molecule has 0 bridgehead atoms. The third kappa shape index (κ3) is 2.96. The average Bonchev–Trinajstić information content (AvgIpc) is 2.76. The van der Waals surface area contributed by atoms with Gasteiger partial charge in [0.2, 0.25) is 0 Å². The van der Waals surface area contributed by atoms with Gasteiger partial charge in [-0.15, -0.1) is 0 Å². The lowest BCUT2D eigenvalue weighted by atomic mass is 10.2. The normalized spacial score (nSPS) is 13.2. The molecular weight excluding hydrogens is 264 g/mol. The van der Waals surface area contributed by atoms with E-state index in [2.05, 4.69) is 52.8 Å². The van der Waals surface area contributed by atoms with E-state index in [0.717, 1.165) is 18.9 Å². The van der Waals surface area contributed by atoms with Gasteiger partial charge in [-0.2, -0.15) is 19.6 Å². The van der Waals surface area contributed by atoms with Crippen LogP contribution in [0.5, 0.6) is 0 Å². The number of nitrogens with zero attached hydrogens (tertiary/aromatic N) is 6. The Morgan fingerprint density at radius 3 is 2.79 bits per heavy atom. The zero-order chi connectivity index (χ0) is 14.0. The Morgan fingerprint density at radius 1 is 1.42 bits per heavy atom. The number of hydrogen-bond donors (Lipinski definition) is 0. The fourth-order valence-corrected chi connectivity index (χ4v) is 2.47. The summed E-state index contributed by atoms with van der Waals surface area (Å²) in [5.74, 6) is 1.45. The second kappa shape index (κ2) is 5.71. The molecule has 2 rings (SSSR count). The molecular formula is C12H19ClN6. The number of anilines is 1. The van der Waals surface area contributed by atoms with Crippen LogP contribution in [0.25, 0.3) is 5.78 Å². The van der Waals surface area contributed by atoms with Crippen LogP contribution in [-0.4, -0.2) is 57.7 Å². The van der Waals surface area contributed by atoms with Crippen molar-refractivity contribution in [2.75, 3.05) is 32.1 Å². The minimum Gasteiger partial charge on any atom is -0.353 e. The summed E-state index contributed by atoms with van der Waals surface area (Å²) in [7, 11) is 4.13. The first-order chi connectivity index (χ1) is 9.02. The molecule has 0 spiro atoms. The van der Waals surface area contributed by atoms with Gasteiger partial charge in [-0.3, -0.25) is 0 Å². The Bertz CT molecular complexity index is 552. The van der Waals surface area contributed by atoms with Gasteiger partial charge in [0.25, 0.3) is 5.78 Å². The van der Waals surface area contributed by atoms with E-state index in [4.69, 9.17) is 11.6 Å². The van der Waals surface area contributed by atoms with Crippen molar-refractivity contribution in [1.29, 1.82) is 0 Å². The van der Waals surface area contributed by atoms with Crippen LogP contribution in [0.1, 0.15) is 13.8 Å². The summed E-state index contributed by atoms with van der Waals surface area (Å²) in [6.07, 6.45) is 1.49. The van der Waals surface area contributed by atoms with Crippen molar-refractivity contribution in [3.63, 3.8) is 0 Å². The predicted molar refractivity (Wildman–Crippen MR) is 76.8 cm³/mol. The molecule has 0 radical (unpaired) electrons. The standard InChI is InChI=1S/C12H19ClN6/c1-5-18(9(2)7-17(3)4)11-6-10(13)16-12-14-8-15-19(11)12/h6,8-9H,5,7H2,1-4H3. The molecule has 0 fully saturated rings. The molecule has 104 valence electrons. The van der Waals surface area contributed by atoms with Gasteiger partial charge in [0.15, 0.2) is 0 Å². The number of likely N-dealkylation sites (N-methyl/N-ethyl adjacent to an activating group) is 2. The molecule has 1 atom stereocenters. The highest BCUT2D eigenvalue weighted by atomic mass is 35.5. The van der Waals surface area contributed by atoms with Crippen molar-refractivity contribution < 1.29 is 0 Å². The van der Waals surface area contributed by atoms with Gasteiger partial charge in [-0.1, -0.05) is 11.6 Å². The van der Waals surface area contributed by atoms with Crippen molar-refractivity contribution in [3.05, 3.63) is 17.5 Å². The molecule has 6 nitrogen and oxygen atoms in total. The van der Waals surface area contributed by atoms with Gasteiger partial charge in [0.1, 0.15) is 17.3 Å². The highest BCUT2D eigenvalue weighted by Crippen LogP contribution is 2.20. The van der Waals surface area contributed by atoms with E-state index in [1.807, 2.05) is 6.07 Å². The van der Waals surface area contributed by atoms with Crippen LogP contribution >= 0.6 is 11.6 Å². The van der Waals surface area contributed by atoms with E-state index in [9.17, 15) is 0 Å². The zero-order valence-corrected chi connectivity index (χ0v) is 12.5. The van der Waals surface area contributed by atoms with E-state index in [0.29, 0.717) is 17.0 Å². The quantitative estimate of drug-likeness (QED) is 0.779. The fraction of sp³-hybridized carbons (Fsp3) is 0.583. The topological polar surface area (TPSA) is 49.6 Å². The molecule has 0 N–H and O–H groups in total. The van der Waals surface area contributed by atoms with E-state index < -0.39 is 0 Å². The second-order valence-corrected chi connectivity index (χ2v) is 5.19. The second-order valence-electron chi connectivity index (χ2n) is 4.81. The molecule has 0 aromatic carbocycles. The van der Waals surface area contributed by atoms with Gasteiger partial charge >= 0.3 is 0 Å². The third-order valence-corrected chi connectivity index (χ3v) is 3.19. The van der Waals surface area contributed by atoms with E-state index in [1.165, 1.54) is 6.33 Å². The molecule has 2 aromatic heterocycles. The lowest BCUT2D eigenvalue weighted by Gasteiger charge is -2.31. The fourth-order valence-electron chi connectivity index (χ4n) is 2.30. The van der Waals surface area contributed by atoms with Gasteiger partial charge in [0, 0.05) is 25.2 Å². The van der Waals surface area contributed by atoms with Crippen molar-refractivity contribution in [1.82, 2.24) is 24.5 Å². The molecule has 19 heavy (non-hydrogen) atoms. The summed E-state index contributed by atoms with van der Waals surface area (Å²) in [4.78, 5) is 12.7. The highest BCUT2D eigenvalue weighted by molar-refractivity contribution is 6.29. The Balaban J connectivity index is 2.42. The number of halogens is 1. The van der Waals surface area contributed by atoms with Crippen LogP contribution in [0.4, 0.5) is 5.82 Å². The SMILES string of the molecule is CCN(c1cc(Cl)nc2ncnn12)C(C)CN(C)C. The van der Waals surface area contributed by atoms with Crippen LogP contribution < -0.4 is 4.90 Å². The summed E-state index contributed by atoms with van der Waals surface area (Å²) in [5.41, 5.74) is 0. The van der Waals surface area contributed by atoms with Crippen LogP contribution in [0.3, 0.4) is 0 Å². The Morgan fingerprint density at radius 2 is 2.16 bits per heavy atom. The first-order valence-electron chi connectivity index (χ1n) is 6.30. The highest BCUT2D eigenvalue weighted by Gasteiger charge is 2.18. The lowest BCUT2D eigenvalue weighted by molar-refractivity contribution is 0.371. The first-order valence-corrected chi connectivity index (χ1v) is 6.68. The summed E-state index contributed by atoms with van der Waals surface area (Å²) in [5, 5.41) is 4.66. The molecule has 0 aliphatic heterocycles. The van der Waals surface area contributed by atoms with Gasteiger partial charge in [-0.25, -0.2) is 0 Å². The third-order valence-electron chi connectivity index (χ3n) is 3.00. The monoisotopic (exact) mass is 282 g/mol. The molecule has 7 heteroatoms. The van der Waals surface area contributed by atoms with E-state index in [1.54, 1.807) is 4.52 Å². The minimum atomic E-state index is 0.339. The summed E-state index contributed by atoms with van der Waals surface area (Å²) in [6.45, 7) is 6.11. The molecule has 0 saturated carbocycles. The maximum Gasteiger partial charge on any atom is 0.255 e. The molecule has 0 aliphatic carbocycles. The van der Waals surface area contributed by atoms with Gasteiger partial charge in [-0.05, 0) is 27.9 Å². The van der Waals surface area contributed by atoms with E-state index >= 15 is 0 Å². The van der Waals surface area contributed by atoms with Crippen LogP contribution in [-0.2, 0) is 0 Å². The summed E-state index contributed by atoms with van der Waals surface area (Å²) < 4.78 is 1.72. The largest absolute Gasteiger partial charge is 0.353 e. The first kappa shape index (κ1) is 14.0. The maximum absolute atomic E-state index is 6.06. The average molecular weight is 283 g/mol. The van der Waals surface area contributed by atoms with Crippen molar-refractivity contribution >= 4 is 23.2 Å². The van der Waals surface area contributed by atoms with Crippen molar-refractivity contribution in [3.8, 4) is 0 Å². The Hall–Kier alpha value is -1.40. The molecule has 0 amide bonds.